The molecule has 0 aliphatic carbocycles. The molecule has 2 aliphatic rings. The zero-order chi connectivity index (χ0) is 47.1. The molecule has 5 N–H and O–H groups in total. The molecule has 2 fully saturated rings. The Bertz CT molecular complexity index is 1370. The van der Waals surface area contributed by atoms with Crippen molar-refractivity contribution < 1.29 is 77.4 Å². The van der Waals surface area contributed by atoms with Gasteiger partial charge >= 0.3 is 11.9 Å². The molecule has 0 amide bonds. The standard InChI is InChI=1S/C41H70O16.2C2H6/c1-23(2)39(7,8)56-27(19-42)29(43)30(44)28(36(47)51-20-25-15-13-17-49-25)40(9,10)53-22-38(5,6)57-33-31(45)32(46)35(41(11,12)55-24(3)4)54-34(33)37(48)52-21-26-16-14-18-50-26;2*1-2/h13,15,17,23-24,26-35,42-46H,14,16,18-22H2,1-12H3;2*1-2H3/t26?,27-,28?,29?,30?,31?,32?,33+,34?,35?;;/m1../s1. The van der Waals surface area contributed by atoms with Crippen LogP contribution in [0.25, 0.3) is 0 Å². The second-order valence-corrected chi connectivity index (χ2v) is 18.0. The van der Waals surface area contributed by atoms with Gasteiger partial charge in [0.25, 0.3) is 0 Å². The summed E-state index contributed by atoms with van der Waals surface area (Å²) in [4.78, 5) is 27.5. The number of esters is 2. The predicted octanol–water partition coefficient (Wildman–Crippen LogP) is 4.90. The number of ether oxygens (including phenoxy) is 8. The lowest BCUT2D eigenvalue weighted by Gasteiger charge is -2.49. The molecule has 2 saturated heterocycles. The van der Waals surface area contributed by atoms with Crippen LogP contribution in [0.3, 0.4) is 0 Å². The summed E-state index contributed by atoms with van der Waals surface area (Å²) in [5.74, 6) is -3.03. The minimum atomic E-state index is -1.87. The van der Waals surface area contributed by atoms with Gasteiger partial charge in [-0.25, -0.2) is 4.79 Å². The molecule has 0 radical (unpaired) electrons. The van der Waals surface area contributed by atoms with Crippen LogP contribution >= 0.6 is 0 Å². The molecule has 2 aliphatic heterocycles. The maximum atomic E-state index is 13.8. The van der Waals surface area contributed by atoms with E-state index in [0.717, 1.165) is 6.42 Å². The maximum absolute atomic E-state index is 13.8. The molecule has 0 aromatic carbocycles. The number of hydrogen-bond acceptors (Lipinski definition) is 16. The SMILES string of the molecule is CC.CC.CC(C)OC(C)(C)C1OC(C(=O)OCC2CCCO2)[C@@H](OC(C)(C)COC(C)(C)C(C(=O)OCc2ccco2)C(O)C(O)[C@@H](CO)OC(C)(C)C(C)C)C(O)C1O. The fourth-order valence-electron chi connectivity index (χ4n) is 6.94. The molecule has 0 saturated carbocycles. The van der Waals surface area contributed by atoms with Crippen molar-refractivity contribution in [1.82, 2.24) is 0 Å². The van der Waals surface area contributed by atoms with Crippen LogP contribution in [0.1, 0.15) is 129 Å². The molecule has 3 heterocycles. The maximum Gasteiger partial charge on any atom is 0.338 e. The van der Waals surface area contributed by atoms with Gasteiger partial charge in [0.05, 0.1) is 60.2 Å². The van der Waals surface area contributed by atoms with E-state index in [1.807, 2.05) is 55.4 Å². The quantitative estimate of drug-likeness (QED) is 0.0978. The van der Waals surface area contributed by atoms with Crippen LogP contribution in [0.5, 0.6) is 0 Å². The smallest absolute Gasteiger partial charge is 0.338 e. The van der Waals surface area contributed by atoms with Crippen LogP contribution in [0.2, 0.25) is 0 Å². The molecule has 10 atom stereocenters. The summed E-state index contributed by atoms with van der Waals surface area (Å²) in [7, 11) is 0. The zero-order valence-corrected chi connectivity index (χ0v) is 39.8. The van der Waals surface area contributed by atoms with Crippen molar-refractivity contribution in [3.05, 3.63) is 24.2 Å². The number of hydrogen-bond donors (Lipinski definition) is 5. The minimum Gasteiger partial charge on any atom is -0.466 e. The Kier molecular flexibility index (Phi) is 23.6. The first kappa shape index (κ1) is 56.8. The van der Waals surface area contributed by atoms with Crippen LogP contribution in [-0.4, -0.2) is 147 Å². The number of aliphatic hydroxyl groups excluding tert-OH is 5. The number of aliphatic hydroxyl groups is 5. The first-order valence-corrected chi connectivity index (χ1v) is 22.0. The number of carbonyl (C=O) groups is 2. The molecular formula is C45H82O16. The van der Waals surface area contributed by atoms with Crippen molar-refractivity contribution in [3.8, 4) is 0 Å². The fourth-order valence-corrected chi connectivity index (χ4v) is 6.94. The largest absolute Gasteiger partial charge is 0.466 e. The highest BCUT2D eigenvalue weighted by atomic mass is 16.6. The third-order valence-electron chi connectivity index (χ3n) is 10.8. The van der Waals surface area contributed by atoms with Crippen molar-refractivity contribution >= 4 is 11.9 Å². The Morgan fingerprint density at radius 3 is 2.00 bits per heavy atom. The monoisotopic (exact) mass is 879 g/mol. The van der Waals surface area contributed by atoms with Gasteiger partial charge in [0.2, 0.25) is 0 Å². The third kappa shape index (κ3) is 16.7. The van der Waals surface area contributed by atoms with Crippen molar-refractivity contribution in [2.45, 2.75) is 214 Å². The average Bonchev–Trinajstić information content (AvgIpc) is 3.92. The van der Waals surface area contributed by atoms with Crippen LogP contribution in [0, 0.1) is 11.8 Å². The molecule has 1 aromatic rings. The molecule has 61 heavy (non-hydrogen) atoms. The van der Waals surface area contributed by atoms with E-state index >= 15 is 0 Å². The molecule has 16 heteroatoms. The number of rotatable bonds is 22. The van der Waals surface area contributed by atoms with Crippen LogP contribution < -0.4 is 0 Å². The van der Waals surface area contributed by atoms with Gasteiger partial charge in [0, 0.05) is 6.61 Å². The highest BCUT2D eigenvalue weighted by Gasteiger charge is 2.56. The Morgan fingerprint density at radius 1 is 0.869 bits per heavy atom. The van der Waals surface area contributed by atoms with Crippen molar-refractivity contribution in [1.29, 1.82) is 0 Å². The highest BCUT2D eigenvalue weighted by Crippen LogP contribution is 2.37. The van der Waals surface area contributed by atoms with Gasteiger partial charge in [0.15, 0.2) is 6.10 Å². The minimum absolute atomic E-state index is 0.0327. The van der Waals surface area contributed by atoms with Crippen LogP contribution in [0.4, 0.5) is 0 Å². The highest BCUT2D eigenvalue weighted by molar-refractivity contribution is 5.76. The third-order valence-corrected chi connectivity index (χ3v) is 10.8. The molecular weight excluding hydrogens is 796 g/mol. The molecule has 0 spiro atoms. The van der Waals surface area contributed by atoms with E-state index in [1.54, 1.807) is 53.7 Å². The second kappa shape index (κ2) is 25.3. The molecule has 1 aromatic heterocycles. The molecule has 16 nitrogen and oxygen atoms in total. The number of furan rings is 1. The van der Waals surface area contributed by atoms with Crippen LogP contribution in [0.15, 0.2) is 22.8 Å². The van der Waals surface area contributed by atoms with E-state index < -0.39 is 95.7 Å². The van der Waals surface area contributed by atoms with Crippen molar-refractivity contribution in [2.24, 2.45) is 11.8 Å². The summed E-state index contributed by atoms with van der Waals surface area (Å²) in [5, 5.41) is 56.3. The summed E-state index contributed by atoms with van der Waals surface area (Å²) in [5.41, 5.74) is -4.92. The summed E-state index contributed by atoms with van der Waals surface area (Å²) in [6.45, 7) is 27.9. The van der Waals surface area contributed by atoms with E-state index in [1.165, 1.54) is 20.1 Å². The molecule has 358 valence electrons. The lowest BCUT2D eigenvalue weighted by atomic mass is 9.82. The summed E-state index contributed by atoms with van der Waals surface area (Å²) < 4.78 is 53.0. The van der Waals surface area contributed by atoms with Crippen molar-refractivity contribution in [2.75, 3.05) is 26.4 Å². The van der Waals surface area contributed by atoms with Gasteiger partial charge in [-0.15, -0.1) is 0 Å². The van der Waals surface area contributed by atoms with E-state index in [9.17, 15) is 35.1 Å². The van der Waals surface area contributed by atoms with E-state index in [-0.39, 0.29) is 37.9 Å². The van der Waals surface area contributed by atoms with Crippen LogP contribution in [-0.2, 0) is 54.1 Å². The Labute approximate surface area is 364 Å². The van der Waals surface area contributed by atoms with Gasteiger partial charge in [-0.3, -0.25) is 4.79 Å². The van der Waals surface area contributed by atoms with Gasteiger partial charge in [-0.1, -0.05) is 41.5 Å². The van der Waals surface area contributed by atoms with E-state index in [4.69, 9.17) is 42.3 Å². The normalized spacial score (nSPS) is 24.5. The Balaban J connectivity index is 0.00000451. The van der Waals surface area contributed by atoms with E-state index in [2.05, 4.69) is 0 Å². The molecule has 8 unspecified atom stereocenters. The van der Waals surface area contributed by atoms with Gasteiger partial charge in [0.1, 0.15) is 61.5 Å². The summed E-state index contributed by atoms with van der Waals surface area (Å²) >= 11 is 0. The van der Waals surface area contributed by atoms with Crippen molar-refractivity contribution in [3.63, 3.8) is 0 Å². The fraction of sp³-hybridized carbons (Fsp3) is 0.867. The van der Waals surface area contributed by atoms with Gasteiger partial charge in [-0.05, 0) is 100 Å². The molecule has 0 bridgehead atoms. The summed E-state index contributed by atoms with van der Waals surface area (Å²) in [6.07, 6.45) is -9.86. The first-order chi connectivity index (χ1) is 28.3. The van der Waals surface area contributed by atoms with Gasteiger partial charge in [-0.2, -0.15) is 0 Å². The topological polar surface area (TPSA) is 222 Å². The van der Waals surface area contributed by atoms with E-state index in [0.29, 0.717) is 18.8 Å². The lowest BCUT2D eigenvalue weighted by Crippen LogP contribution is -2.67. The zero-order valence-electron chi connectivity index (χ0n) is 39.8. The van der Waals surface area contributed by atoms with Gasteiger partial charge < -0.3 is 67.8 Å². The Hall–Kier alpha value is -2.22. The molecule has 3 rings (SSSR count). The second-order valence-electron chi connectivity index (χ2n) is 18.0. The average molecular weight is 879 g/mol. The summed E-state index contributed by atoms with van der Waals surface area (Å²) in [6, 6.07) is 3.22. The number of carbonyl (C=O) groups excluding carboxylic acids is 2. The lowest BCUT2D eigenvalue weighted by molar-refractivity contribution is -0.296. The predicted molar refractivity (Wildman–Crippen MR) is 227 cm³/mol. The first-order valence-electron chi connectivity index (χ1n) is 22.0. The Morgan fingerprint density at radius 2 is 1.49 bits per heavy atom.